The molecule has 1 aliphatic heterocycles. The summed E-state index contributed by atoms with van der Waals surface area (Å²) in [5, 5.41) is 8.78. The van der Waals surface area contributed by atoms with Crippen molar-refractivity contribution in [3.05, 3.63) is 0 Å². The van der Waals surface area contributed by atoms with Crippen LogP contribution >= 0.6 is 0 Å². The maximum atomic E-state index is 10.7. The minimum atomic E-state index is -0.765. The molecule has 0 aliphatic carbocycles. The molecule has 0 unspecified atom stereocenters. The van der Waals surface area contributed by atoms with Crippen LogP contribution in [0.25, 0.3) is 0 Å². The van der Waals surface area contributed by atoms with E-state index in [0.29, 0.717) is 11.3 Å². The highest BCUT2D eigenvalue weighted by atomic mass is 16.4. The first kappa shape index (κ1) is 11.3. The average molecular weight is 199 g/mol. The van der Waals surface area contributed by atoms with Gasteiger partial charge in [-0.25, -0.2) is 4.79 Å². The molecule has 0 atom stereocenters. The quantitative estimate of drug-likeness (QED) is 0.705. The SMILES string of the molecule is CC(C)(C)CC1CCN(C(=O)O)CC1. The van der Waals surface area contributed by atoms with Crippen LogP contribution in [0.5, 0.6) is 0 Å². The number of amides is 1. The lowest BCUT2D eigenvalue weighted by Gasteiger charge is -2.33. The van der Waals surface area contributed by atoms with Gasteiger partial charge in [0.1, 0.15) is 0 Å². The Bertz CT molecular complexity index is 200. The highest BCUT2D eigenvalue weighted by Crippen LogP contribution is 2.30. The van der Waals surface area contributed by atoms with E-state index >= 15 is 0 Å². The third-order valence-electron chi connectivity index (χ3n) is 2.79. The molecule has 0 aromatic carbocycles. The maximum absolute atomic E-state index is 10.7. The predicted molar refractivity (Wildman–Crippen MR) is 56.4 cm³/mol. The molecular formula is C11H21NO2. The van der Waals surface area contributed by atoms with Crippen LogP contribution in [0.15, 0.2) is 0 Å². The Kier molecular flexibility index (Phi) is 3.40. The summed E-state index contributed by atoms with van der Waals surface area (Å²) in [5.74, 6) is 0.714. The van der Waals surface area contributed by atoms with E-state index in [1.54, 1.807) is 0 Å². The molecule has 1 rings (SSSR count). The van der Waals surface area contributed by atoms with Gasteiger partial charge in [0.15, 0.2) is 0 Å². The molecule has 0 bridgehead atoms. The second-order valence-electron chi connectivity index (χ2n) is 5.48. The van der Waals surface area contributed by atoms with Gasteiger partial charge >= 0.3 is 6.09 Å². The first-order valence-corrected chi connectivity index (χ1v) is 5.36. The number of carboxylic acid groups (broad SMARTS) is 1. The molecule has 3 heteroatoms. The number of nitrogens with zero attached hydrogens (tertiary/aromatic N) is 1. The normalized spacial score (nSPS) is 19.8. The van der Waals surface area contributed by atoms with Crippen LogP contribution in [-0.4, -0.2) is 29.2 Å². The first-order valence-electron chi connectivity index (χ1n) is 5.36. The third-order valence-corrected chi connectivity index (χ3v) is 2.79. The number of hydrogen-bond donors (Lipinski definition) is 1. The first-order chi connectivity index (χ1) is 6.38. The van der Waals surface area contributed by atoms with Crippen molar-refractivity contribution in [1.82, 2.24) is 4.90 Å². The molecule has 0 aromatic rings. The molecule has 3 nitrogen and oxygen atoms in total. The van der Waals surface area contributed by atoms with Crippen LogP contribution in [-0.2, 0) is 0 Å². The van der Waals surface area contributed by atoms with Crippen molar-refractivity contribution in [1.29, 1.82) is 0 Å². The van der Waals surface area contributed by atoms with Crippen LogP contribution in [0.2, 0.25) is 0 Å². The highest BCUT2D eigenvalue weighted by Gasteiger charge is 2.25. The molecule has 1 amide bonds. The van der Waals surface area contributed by atoms with Gasteiger partial charge in [0.25, 0.3) is 0 Å². The zero-order valence-electron chi connectivity index (χ0n) is 9.42. The molecule has 14 heavy (non-hydrogen) atoms. The van der Waals surface area contributed by atoms with E-state index in [1.807, 2.05) is 0 Å². The van der Waals surface area contributed by atoms with Gasteiger partial charge in [0, 0.05) is 13.1 Å². The minimum absolute atomic E-state index is 0.371. The van der Waals surface area contributed by atoms with Gasteiger partial charge in [-0.2, -0.15) is 0 Å². The fourth-order valence-electron chi connectivity index (χ4n) is 2.19. The number of likely N-dealkylation sites (tertiary alicyclic amines) is 1. The third kappa shape index (κ3) is 3.56. The monoisotopic (exact) mass is 199 g/mol. The van der Waals surface area contributed by atoms with Crippen molar-refractivity contribution in [2.24, 2.45) is 11.3 Å². The summed E-state index contributed by atoms with van der Waals surface area (Å²) in [6.45, 7) is 8.18. The van der Waals surface area contributed by atoms with Crippen molar-refractivity contribution in [3.8, 4) is 0 Å². The largest absolute Gasteiger partial charge is 0.465 e. The lowest BCUT2D eigenvalue weighted by Crippen LogP contribution is -2.38. The molecule has 0 saturated carbocycles. The fraction of sp³-hybridized carbons (Fsp3) is 0.909. The summed E-state index contributed by atoms with van der Waals surface area (Å²) >= 11 is 0. The van der Waals surface area contributed by atoms with Crippen LogP contribution in [0.3, 0.4) is 0 Å². The molecule has 82 valence electrons. The van der Waals surface area contributed by atoms with Crippen LogP contribution in [0.4, 0.5) is 4.79 Å². The number of carbonyl (C=O) groups is 1. The molecule has 1 aliphatic rings. The fourth-order valence-corrected chi connectivity index (χ4v) is 2.19. The van der Waals surface area contributed by atoms with E-state index < -0.39 is 6.09 Å². The molecule has 1 N–H and O–H groups in total. The van der Waals surface area contributed by atoms with Crippen molar-refractivity contribution in [2.45, 2.75) is 40.0 Å². The van der Waals surface area contributed by atoms with E-state index in [9.17, 15) is 4.79 Å². The number of rotatable bonds is 1. The molecule has 0 spiro atoms. The topological polar surface area (TPSA) is 40.5 Å². The summed E-state index contributed by atoms with van der Waals surface area (Å²) in [6, 6.07) is 0. The van der Waals surface area contributed by atoms with Gasteiger partial charge in [0.05, 0.1) is 0 Å². The van der Waals surface area contributed by atoms with E-state index in [0.717, 1.165) is 25.9 Å². The second kappa shape index (κ2) is 4.20. The van der Waals surface area contributed by atoms with E-state index in [4.69, 9.17) is 5.11 Å². The molecular weight excluding hydrogens is 178 g/mol. The average Bonchev–Trinajstić information content (AvgIpc) is 2.02. The predicted octanol–water partition coefficient (Wildman–Crippen LogP) is 2.81. The maximum Gasteiger partial charge on any atom is 0.407 e. The minimum Gasteiger partial charge on any atom is -0.465 e. The Hall–Kier alpha value is -0.730. The molecule has 1 fully saturated rings. The van der Waals surface area contributed by atoms with Crippen molar-refractivity contribution in [2.75, 3.05) is 13.1 Å². The Morgan fingerprint density at radius 3 is 2.21 bits per heavy atom. The van der Waals surface area contributed by atoms with Crippen LogP contribution in [0.1, 0.15) is 40.0 Å². The standard InChI is InChI=1S/C11H21NO2/c1-11(2,3)8-9-4-6-12(7-5-9)10(13)14/h9H,4-8H2,1-3H3,(H,13,14). The molecule has 1 saturated heterocycles. The van der Waals surface area contributed by atoms with Gasteiger partial charge in [-0.15, -0.1) is 0 Å². The summed E-state index contributed by atoms with van der Waals surface area (Å²) in [6.07, 6.45) is 2.51. The van der Waals surface area contributed by atoms with Crippen LogP contribution in [0, 0.1) is 11.3 Å². The number of piperidine rings is 1. The number of hydrogen-bond acceptors (Lipinski definition) is 1. The highest BCUT2D eigenvalue weighted by molar-refractivity contribution is 5.64. The zero-order chi connectivity index (χ0) is 10.8. The summed E-state index contributed by atoms with van der Waals surface area (Å²) in [7, 11) is 0. The van der Waals surface area contributed by atoms with E-state index in [1.165, 1.54) is 11.3 Å². The summed E-state index contributed by atoms with van der Waals surface area (Å²) in [4.78, 5) is 12.2. The smallest absolute Gasteiger partial charge is 0.407 e. The van der Waals surface area contributed by atoms with Crippen molar-refractivity contribution < 1.29 is 9.90 Å². The van der Waals surface area contributed by atoms with Gasteiger partial charge in [0.2, 0.25) is 0 Å². The van der Waals surface area contributed by atoms with Gasteiger partial charge in [-0.1, -0.05) is 20.8 Å². The lowest BCUT2D eigenvalue weighted by molar-refractivity contribution is 0.116. The van der Waals surface area contributed by atoms with Gasteiger partial charge in [-0.3, -0.25) is 0 Å². The van der Waals surface area contributed by atoms with Gasteiger partial charge < -0.3 is 10.0 Å². The molecule has 0 aromatic heterocycles. The summed E-state index contributed by atoms with van der Waals surface area (Å²) < 4.78 is 0. The van der Waals surface area contributed by atoms with Crippen molar-refractivity contribution >= 4 is 6.09 Å². The van der Waals surface area contributed by atoms with E-state index in [2.05, 4.69) is 20.8 Å². The second-order valence-corrected chi connectivity index (χ2v) is 5.48. The van der Waals surface area contributed by atoms with E-state index in [-0.39, 0.29) is 0 Å². The summed E-state index contributed by atoms with van der Waals surface area (Å²) in [5.41, 5.74) is 0.371. The van der Waals surface area contributed by atoms with Crippen LogP contribution < -0.4 is 0 Å². The Labute approximate surface area is 86.1 Å². The molecule has 1 heterocycles. The lowest BCUT2D eigenvalue weighted by atomic mass is 9.80. The Balaban J connectivity index is 2.33. The zero-order valence-corrected chi connectivity index (χ0v) is 9.42. The Morgan fingerprint density at radius 1 is 1.36 bits per heavy atom. The van der Waals surface area contributed by atoms with Crippen molar-refractivity contribution in [3.63, 3.8) is 0 Å². The Morgan fingerprint density at radius 2 is 1.86 bits per heavy atom. The van der Waals surface area contributed by atoms with Gasteiger partial charge in [-0.05, 0) is 30.6 Å². The molecule has 0 radical (unpaired) electrons.